The molecule has 0 aromatic heterocycles. The number of carboxylic acids is 1. The van der Waals surface area contributed by atoms with E-state index >= 15 is 0 Å². The first-order valence-corrected chi connectivity index (χ1v) is 6.84. The van der Waals surface area contributed by atoms with Gasteiger partial charge in [-0.05, 0) is 33.7 Å². The molecule has 0 amide bonds. The summed E-state index contributed by atoms with van der Waals surface area (Å²) in [5, 5.41) is 12.8. The van der Waals surface area contributed by atoms with Gasteiger partial charge >= 0.3 is 5.97 Å². The predicted molar refractivity (Wildman–Crippen MR) is 70.7 cm³/mol. The number of hydrogen-bond acceptors (Lipinski definition) is 4. The monoisotopic (exact) mass is 255 g/mol. The first-order chi connectivity index (χ1) is 8.40. The van der Waals surface area contributed by atoms with Crippen LogP contribution in [0.5, 0.6) is 0 Å². The Morgan fingerprint density at radius 2 is 2.11 bits per heavy atom. The zero-order chi connectivity index (χ0) is 13.3. The number of rotatable bonds is 5. The predicted octanol–water partition coefficient (Wildman–Crippen LogP) is 0.218. The highest BCUT2D eigenvalue weighted by molar-refractivity contribution is 5.78. The summed E-state index contributed by atoms with van der Waals surface area (Å²) in [5.74, 6) is -0.736. The summed E-state index contributed by atoms with van der Waals surface area (Å²) in [4.78, 5) is 16.1. The lowest BCUT2D eigenvalue weighted by atomic mass is 9.99. The fraction of sp³-hybridized carbons (Fsp3) is 0.923. The van der Waals surface area contributed by atoms with E-state index in [0.29, 0.717) is 18.6 Å². The summed E-state index contributed by atoms with van der Waals surface area (Å²) >= 11 is 0. The third-order valence-electron chi connectivity index (χ3n) is 4.06. The second kappa shape index (κ2) is 5.15. The SMILES string of the molecule is CC1CN(C)CCN1CC(C)(NC1CC1)C(=O)O. The maximum atomic E-state index is 11.5. The van der Waals surface area contributed by atoms with E-state index in [-0.39, 0.29) is 0 Å². The second-order valence-electron chi connectivity index (χ2n) is 6.14. The molecule has 0 spiro atoms. The molecule has 104 valence electrons. The summed E-state index contributed by atoms with van der Waals surface area (Å²) < 4.78 is 0. The van der Waals surface area contributed by atoms with E-state index in [1.807, 2.05) is 6.92 Å². The normalized spacial score (nSPS) is 30.1. The van der Waals surface area contributed by atoms with E-state index in [9.17, 15) is 9.90 Å². The minimum Gasteiger partial charge on any atom is -0.480 e. The van der Waals surface area contributed by atoms with Crippen LogP contribution < -0.4 is 5.32 Å². The number of nitrogens with one attached hydrogen (secondary N) is 1. The number of aliphatic carboxylic acids is 1. The standard InChI is InChI=1S/C13H25N3O2/c1-10-8-15(3)6-7-16(10)9-13(2,12(17)18)14-11-4-5-11/h10-11,14H,4-9H2,1-3H3,(H,17,18). The van der Waals surface area contributed by atoms with Crippen molar-refractivity contribution >= 4 is 5.97 Å². The van der Waals surface area contributed by atoms with Gasteiger partial charge < -0.3 is 10.0 Å². The Hall–Kier alpha value is -0.650. The first-order valence-electron chi connectivity index (χ1n) is 6.84. The van der Waals surface area contributed by atoms with Crippen LogP contribution >= 0.6 is 0 Å². The van der Waals surface area contributed by atoms with Gasteiger partial charge in [0.25, 0.3) is 0 Å². The van der Waals surface area contributed by atoms with Crippen LogP contribution in [0.1, 0.15) is 26.7 Å². The van der Waals surface area contributed by atoms with Gasteiger partial charge in [0, 0.05) is 38.3 Å². The van der Waals surface area contributed by atoms with Crippen molar-refractivity contribution in [2.45, 2.75) is 44.3 Å². The lowest BCUT2D eigenvalue weighted by Crippen LogP contribution is -2.62. The van der Waals surface area contributed by atoms with Crippen LogP contribution in [0.4, 0.5) is 0 Å². The van der Waals surface area contributed by atoms with Crippen LogP contribution in [0.2, 0.25) is 0 Å². The molecule has 1 aliphatic heterocycles. The summed E-state index contributed by atoms with van der Waals surface area (Å²) in [6, 6.07) is 0.831. The van der Waals surface area contributed by atoms with Crippen molar-refractivity contribution in [2.24, 2.45) is 0 Å². The molecule has 5 heteroatoms. The van der Waals surface area contributed by atoms with E-state index in [0.717, 1.165) is 32.5 Å². The summed E-state index contributed by atoms with van der Waals surface area (Å²) in [6.45, 7) is 7.57. The maximum Gasteiger partial charge on any atom is 0.324 e. The van der Waals surface area contributed by atoms with Gasteiger partial charge in [-0.2, -0.15) is 0 Å². The van der Waals surface area contributed by atoms with Crippen molar-refractivity contribution in [1.82, 2.24) is 15.1 Å². The van der Waals surface area contributed by atoms with Crippen LogP contribution in [-0.2, 0) is 4.79 Å². The minimum absolute atomic E-state index is 0.411. The number of hydrogen-bond donors (Lipinski definition) is 2. The Morgan fingerprint density at radius 1 is 1.44 bits per heavy atom. The average molecular weight is 255 g/mol. The Morgan fingerprint density at radius 3 is 2.61 bits per heavy atom. The lowest BCUT2D eigenvalue weighted by Gasteiger charge is -2.42. The number of piperazine rings is 1. The largest absolute Gasteiger partial charge is 0.480 e. The molecule has 2 N–H and O–H groups in total. The van der Waals surface area contributed by atoms with Gasteiger partial charge in [0.05, 0.1) is 0 Å². The Bertz CT molecular complexity index is 319. The van der Waals surface area contributed by atoms with Crippen molar-refractivity contribution < 1.29 is 9.90 Å². The molecule has 18 heavy (non-hydrogen) atoms. The van der Waals surface area contributed by atoms with Crippen LogP contribution in [0.15, 0.2) is 0 Å². The van der Waals surface area contributed by atoms with Gasteiger partial charge in [-0.25, -0.2) is 0 Å². The highest BCUT2D eigenvalue weighted by atomic mass is 16.4. The zero-order valence-electron chi connectivity index (χ0n) is 11.6. The topological polar surface area (TPSA) is 55.8 Å². The summed E-state index contributed by atoms with van der Waals surface area (Å²) in [5.41, 5.74) is -0.814. The van der Waals surface area contributed by atoms with Crippen molar-refractivity contribution in [3.05, 3.63) is 0 Å². The third kappa shape index (κ3) is 3.22. The van der Waals surface area contributed by atoms with E-state index in [1.54, 1.807) is 0 Å². The van der Waals surface area contributed by atoms with E-state index in [1.165, 1.54) is 0 Å². The van der Waals surface area contributed by atoms with Gasteiger partial charge in [-0.1, -0.05) is 0 Å². The van der Waals surface area contributed by atoms with E-state index < -0.39 is 11.5 Å². The average Bonchev–Trinajstić information content (AvgIpc) is 3.06. The zero-order valence-corrected chi connectivity index (χ0v) is 11.6. The molecule has 1 saturated heterocycles. The van der Waals surface area contributed by atoms with E-state index in [2.05, 4.69) is 29.1 Å². The molecule has 2 fully saturated rings. The van der Waals surface area contributed by atoms with Crippen molar-refractivity contribution in [2.75, 3.05) is 33.2 Å². The van der Waals surface area contributed by atoms with Gasteiger partial charge in [0.2, 0.25) is 0 Å². The Labute approximate surface area is 109 Å². The Balaban J connectivity index is 1.97. The van der Waals surface area contributed by atoms with Gasteiger partial charge in [0.15, 0.2) is 0 Å². The van der Waals surface area contributed by atoms with Crippen LogP contribution in [0, 0.1) is 0 Å². The molecule has 0 aromatic rings. The van der Waals surface area contributed by atoms with Gasteiger partial charge in [-0.15, -0.1) is 0 Å². The molecule has 0 aromatic carbocycles. The molecule has 1 heterocycles. The fourth-order valence-electron chi connectivity index (χ4n) is 2.67. The van der Waals surface area contributed by atoms with Crippen LogP contribution in [0.3, 0.4) is 0 Å². The molecular weight excluding hydrogens is 230 g/mol. The lowest BCUT2D eigenvalue weighted by molar-refractivity contribution is -0.145. The van der Waals surface area contributed by atoms with Crippen molar-refractivity contribution in [3.63, 3.8) is 0 Å². The molecule has 2 atom stereocenters. The smallest absolute Gasteiger partial charge is 0.324 e. The number of carboxylic acid groups (broad SMARTS) is 1. The molecule has 1 saturated carbocycles. The first kappa shape index (κ1) is 13.8. The maximum absolute atomic E-state index is 11.5. The third-order valence-corrected chi connectivity index (χ3v) is 4.06. The second-order valence-corrected chi connectivity index (χ2v) is 6.14. The number of carbonyl (C=O) groups is 1. The van der Waals surface area contributed by atoms with Crippen LogP contribution in [-0.4, -0.2) is 71.7 Å². The molecule has 2 unspecified atom stereocenters. The number of likely N-dealkylation sites (N-methyl/N-ethyl adjacent to an activating group) is 1. The molecule has 2 rings (SSSR count). The van der Waals surface area contributed by atoms with Crippen molar-refractivity contribution in [1.29, 1.82) is 0 Å². The van der Waals surface area contributed by atoms with Crippen molar-refractivity contribution in [3.8, 4) is 0 Å². The fourth-order valence-corrected chi connectivity index (χ4v) is 2.67. The highest BCUT2D eigenvalue weighted by Crippen LogP contribution is 2.24. The molecule has 1 aliphatic carbocycles. The Kier molecular flexibility index (Phi) is 3.94. The van der Waals surface area contributed by atoms with Crippen LogP contribution in [0.25, 0.3) is 0 Å². The highest BCUT2D eigenvalue weighted by Gasteiger charge is 2.41. The molecule has 2 aliphatic rings. The minimum atomic E-state index is -0.814. The molecule has 5 nitrogen and oxygen atoms in total. The van der Waals surface area contributed by atoms with Gasteiger partial charge in [0.1, 0.15) is 5.54 Å². The van der Waals surface area contributed by atoms with E-state index in [4.69, 9.17) is 0 Å². The van der Waals surface area contributed by atoms with Gasteiger partial charge in [-0.3, -0.25) is 15.0 Å². The summed E-state index contributed by atoms with van der Waals surface area (Å²) in [6.07, 6.45) is 2.22. The molecular formula is C13H25N3O2. The quantitative estimate of drug-likeness (QED) is 0.736. The summed E-state index contributed by atoms with van der Waals surface area (Å²) in [7, 11) is 2.12. The molecule has 0 bridgehead atoms. The number of nitrogens with zero attached hydrogens (tertiary/aromatic N) is 2. The molecule has 0 radical (unpaired) electrons.